The van der Waals surface area contributed by atoms with Crippen LogP contribution in [-0.4, -0.2) is 44.7 Å². The summed E-state index contributed by atoms with van der Waals surface area (Å²) < 4.78 is 5.21. The van der Waals surface area contributed by atoms with Crippen molar-refractivity contribution in [3.05, 3.63) is 0 Å². The van der Waals surface area contributed by atoms with Crippen LogP contribution in [0.5, 0.6) is 0 Å². The zero-order chi connectivity index (χ0) is 13.9. The first-order valence-corrected chi connectivity index (χ1v) is 6.88. The minimum absolute atomic E-state index is 0.151. The van der Waals surface area contributed by atoms with Crippen molar-refractivity contribution in [1.82, 2.24) is 16.1 Å². The Bertz CT molecular complexity index is 292. The van der Waals surface area contributed by atoms with E-state index in [2.05, 4.69) is 21.1 Å². The van der Waals surface area contributed by atoms with Gasteiger partial charge in [0, 0.05) is 38.8 Å². The Labute approximate surface area is 114 Å². The number of rotatable bonds is 9. The van der Waals surface area contributed by atoms with Gasteiger partial charge in [-0.2, -0.15) is 0 Å². The van der Waals surface area contributed by atoms with Gasteiger partial charge in [0.05, 0.1) is 0 Å². The smallest absolute Gasteiger partial charge is 0.223 e. The fourth-order valence-corrected chi connectivity index (χ4v) is 1.51. The van der Waals surface area contributed by atoms with Gasteiger partial charge in [-0.25, -0.2) is 5.84 Å². The third-order valence-corrected chi connectivity index (χ3v) is 2.72. The highest BCUT2D eigenvalue weighted by molar-refractivity contribution is 5.81. The molecule has 5 N–H and O–H groups in total. The molecule has 0 heterocycles. The number of nitrogens with one attached hydrogen (secondary N) is 3. The topological polar surface area (TPSA) is 101 Å². The van der Waals surface area contributed by atoms with Crippen LogP contribution in [0.3, 0.4) is 0 Å². The van der Waals surface area contributed by atoms with Crippen LogP contribution < -0.4 is 21.9 Å². The molecule has 0 spiro atoms. The van der Waals surface area contributed by atoms with Crippen LogP contribution in [-0.2, 0) is 9.53 Å². The lowest BCUT2D eigenvalue weighted by atomic mass is 10.4. The summed E-state index contributed by atoms with van der Waals surface area (Å²) in [6.45, 7) is 5.23. The maximum Gasteiger partial charge on any atom is 0.223 e. The number of carbonyl (C=O) groups excluding carboxylic acids is 1. The average molecular weight is 271 g/mol. The third-order valence-electron chi connectivity index (χ3n) is 2.72. The fraction of sp³-hybridized carbons (Fsp3) is 0.833. The van der Waals surface area contributed by atoms with E-state index in [0.717, 1.165) is 25.9 Å². The molecule has 0 aromatic carbocycles. The molecule has 1 aliphatic rings. The maximum atomic E-state index is 11.4. The van der Waals surface area contributed by atoms with E-state index >= 15 is 0 Å². The van der Waals surface area contributed by atoms with Gasteiger partial charge >= 0.3 is 0 Å². The molecule has 0 saturated heterocycles. The molecular formula is C12H25N5O2. The molecule has 0 unspecified atom stereocenters. The van der Waals surface area contributed by atoms with Crippen LogP contribution in [0.15, 0.2) is 4.99 Å². The number of nitrogens with two attached hydrogens (primary N) is 1. The number of guanidine groups is 1. The van der Waals surface area contributed by atoms with Crippen LogP contribution in [0.1, 0.15) is 26.2 Å². The largest absolute Gasteiger partial charge is 0.382 e. The number of aliphatic imine (C=N–C) groups is 1. The summed E-state index contributed by atoms with van der Waals surface area (Å²) in [7, 11) is 0. The summed E-state index contributed by atoms with van der Waals surface area (Å²) in [5.74, 6) is 6.29. The van der Waals surface area contributed by atoms with E-state index in [4.69, 9.17) is 10.6 Å². The first kappa shape index (κ1) is 15.7. The van der Waals surface area contributed by atoms with Crippen LogP contribution in [0.4, 0.5) is 0 Å². The molecule has 1 aliphatic carbocycles. The van der Waals surface area contributed by atoms with E-state index in [-0.39, 0.29) is 11.8 Å². The molecule has 7 nitrogen and oxygen atoms in total. The van der Waals surface area contributed by atoms with Crippen LogP contribution in [0, 0.1) is 5.92 Å². The van der Waals surface area contributed by atoms with Gasteiger partial charge in [0.1, 0.15) is 0 Å². The third kappa shape index (κ3) is 7.63. The van der Waals surface area contributed by atoms with Crippen molar-refractivity contribution in [2.45, 2.75) is 26.2 Å². The molecule has 0 aromatic heterocycles. The van der Waals surface area contributed by atoms with Crippen molar-refractivity contribution in [3.63, 3.8) is 0 Å². The van der Waals surface area contributed by atoms with E-state index in [1.807, 2.05) is 6.92 Å². The number of hydrazine groups is 1. The Morgan fingerprint density at radius 2 is 2.11 bits per heavy atom. The standard InChI is InChI=1S/C12H25N5O2/c1-2-19-9-3-6-15-12(17-13)16-8-7-14-11(18)10-4-5-10/h10H,2-9,13H2,1H3,(H,14,18)(H2,15,16,17). The fourth-order valence-electron chi connectivity index (χ4n) is 1.51. The van der Waals surface area contributed by atoms with Crippen molar-refractivity contribution >= 4 is 11.9 Å². The first-order valence-electron chi connectivity index (χ1n) is 6.88. The lowest BCUT2D eigenvalue weighted by Crippen LogP contribution is -2.44. The molecule has 0 radical (unpaired) electrons. The lowest BCUT2D eigenvalue weighted by molar-refractivity contribution is -0.122. The summed E-state index contributed by atoms with van der Waals surface area (Å²) in [4.78, 5) is 15.6. The highest BCUT2D eigenvalue weighted by Crippen LogP contribution is 2.28. The number of amides is 1. The summed E-state index contributed by atoms with van der Waals surface area (Å²) in [6, 6.07) is 0. The van der Waals surface area contributed by atoms with Gasteiger partial charge in [-0.3, -0.25) is 15.2 Å². The molecule has 0 bridgehead atoms. The second-order valence-electron chi connectivity index (χ2n) is 4.42. The van der Waals surface area contributed by atoms with E-state index in [0.29, 0.717) is 32.2 Å². The van der Waals surface area contributed by atoms with E-state index in [9.17, 15) is 4.79 Å². The Morgan fingerprint density at radius 3 is 2.74 bits per heavy atom. The highest BCUT2D eigenvalue weighted by Gasteiger charge is 2.28. The van der Waals surface area contributed by atoms with Gasteiger partial charge in [-0.1, -0.05) is 0 Å². The summed E-state index contributed by atoms with van der Waals surface area (Å²) >= 11 is 0. The molecule has 19 heavy (non-hydrogen) atoms. The molecule has 1 amide bonds. The van der Waals surface area contributed by atoms with Gasteiger partial charge in [0.2, 0.25) is 11.9 Å². The van der Waals surface area contributed by atoms with Crippen molar-refractivity contribution in [1.29, 1.82) is 0 Å². The number of hydrogen-bond donors (Lipinski definition) is 4. The molecular weight excluding hydrogens is 246 g/mol. The van der Waals surface area contributed by atoms with E-state index < -0.39 is 0 Å². The van der Waals surface area contributed by atoms with Crippen LogP contribution >= 0.6 is 0 Å². The second kappa shape index (κ2) is 9.57. The van der Waals surface area contributed by atoms with Crippen molar-refractivity contribution in [2.75, 3.05) is 32.8 Å². The Kier molecular flexibility index (Phi) is 7.92. The van der Waals surface area contributed by atoms with Gasteiger partial charge in [0.25, 0.3) is 0 Å². The molecule has 7 heteroatoms. The minimum Gasteiger partial charge on any atom is -0.382 e. The van der Waals surface area contributed by atoms with Gasteiger partial charge < -0.3 is 15.4 Å². The summed E-state index contributed by atoms with van der Waals surface area (Å²) in [6.07, 6.45) is 2.91. The Hall–Kier alpha value is -1.34. The van der Waals surface area contributed by atoms with Crippen LogP contribution in [0.2, 0.25) is 0 Å². The van der Waals surface area contributed by atoms with Gasteiger partial charge in [-0.15, -0.1) is 0 Å². The van der Waals surface area contributed by atoms with Crippen molar-refractivity contribution < 1.29 is 9.53 Å². The van der Waals surface area contributed by atoms with Gasteiger partial charge in [0.15, 0.2) is 0 Å². The predicted molar refractivity (Wildman–Crippen MR) is 74.5 cm³/mol. The number of carbonyl (C=O) groups is 1. The monoisotopic (exact) mass is 271 g/mol. The molecule has 1 rings (SSSR count). The predicted octanol–water partition coefficient (Wildman–Crippen LogP) is -0.652. The van der Waals surface area contributed by atoms with E-state index in [1.54, 1.807) is 0 Å². The quantitative estimate of drug-likeness (QED) is 0.147. The van der Waals surface area contributed by atoms with Crippen LogP contribution in [0.25, 0.3) is 0 Å². The average Bonchev–Trinajstić information content (AvgIpc) is 3.25. The number of ether oxygens (including phenoxy) is 1. The second-order valence-corrected chi connectivity index (χ2v) is 4.42. The molecule has 110 valence electrons. The number of hydrogen-bond acceptors (Lipinski definition) is 4. The summed E-state index contributed by atoms with van der Waals surface area (Å²) in [5, 5.41) is 5.90. The highest BCUT2D eigenvalue weighted by atomic mass is 16.5. The molecule has 1 saturated carbocycles. The minimum atomic E-state index is 0.151. The Balaban J connectivity index is 2.02. The first-order chi connectivity index (χ1) is 9.27. The maximum absolute atomic E-state index is 11.4. The van der Waals surface area contributed by atoms with Crippen molar-refractivity contribution in [2.24, 2.45) is 16.8 Å². The van der Waals surface area contributed by atoms with E-state index in [1.165, 1.54) is 0 Å². The molecule has 0 atom stereocenters. The zero-order valence-corrected chi connectivity index (χ0v) is 11.6. The molecule has 0 aromatic rings. The normalized spacial score (nSPS) is 15.2. The van der Waals surface area contributed by atoms with Crippen molar-refractivity contribution in [3.8, 4) is 0 Å². The molecule has 1 fully saturated rings. The SMILES string of the molecule is CCOCCCN=C(NN)NCCNC(=O)C1CC1. The number of nitrogens with zero attached hydrogens (tertiary/aromatic N) is 1. The van der Waals surface area contributed by atoms with Gasteiger partial charge in [-0.05, 0) is 26.2 Å². The summed E-state index contributed by atoms with van der Waals surface area (Å²) in [5.41, 5.74) is 2.50. The molecule has 0 aliphatic heterocycles. The lowest BCUT2D eigenvalue weighted by Gasteiger charge is -2.10. The Morgan fingerprint density at radius 1 is 1.37 bits per heavy atom. The zero-order valence-electron chi connectivity index (χ0n) is 11.6.